The third kappa shape index (κ3) is 4.12. The highest BCUT2D eigenvalue weighted by Gasteiger charge is 2.41. The Morgan fingerprint density at radius 1 is 1.46 bits per heavy atom. The maximum Gasteiger partial charge on any atom is 0.471 e. The van der Waals surface area contributed by atoms with E-state index in [0.717, 1.165) is 0 Å². The van der Waals surface area contributed by atoms with Gasteiger partial charge in [-0.3, -0.25) is 10.1 Å². The topological polar surface area (TPSA) is 35.0 Å². The Kier molecular flexibility index (Phi) is 4.19. The minimum atomic E-state index is -4.80. The van der Waals surface area contributed by atoms with Crippen molar-refractivity contribution in [2.45, 2.75) is 25.7 Å². The van der Waals surface area contributed by atoms with Crippen LogP contribution in [0.1, 0.15) is 13.3 Å². The van der Waals surface area contributed by atoms with E-state index in [-0.39, 0.29) is 0 Å². The molecule has 0 fully saturated rings. The Hall–Kier alpha value is -0.780. The van der Waals surface area contributed by atoms with E-state index in [9.17, 15) is 18.0 Å². The predicted octanol–water partition coefficient (Wildman–Crippen LogP) is 0.801. The van der Waals surface area contributed by atoms with Crippen LogP contribution in [0.4, 0.5) is 13.2 Å². The quantitative estimate of drug-likeness (QED) is 0.528. The molecule has 0 rings (SSSR count). The van der Waals surface area contributed by atoms with Crippen molar-refractivity contribution in [3.63, 3.8) is 0 Å². The first-order valence-electron chi connectivity index (χ1n) is 3.83. The SMILES string of the molecule is CCC(NC(=O)C(F)(F)F)[N+](C)C. The average molecular weight is 198 g/mol. The highest BCUT2D eigenvalue weighted by Crippen LogP contribution is 2.14. The standard InChI is InChI=1S/C7H13F3N2O/c1-4-5(12(2)3)11-6(13)7(8,9)10/h5H,4H2,1-3H3,(H,11,13)/q+1. The number of hydrogen-bond acceptors (Lipinski definition) is 2. The summed E-state index contributed by atoms with van der Waals surface area (Å²) < 4.78 is 35.3. The van der Waals surface area contributed by atoms with E-state index in [2.05, 4.69) is 0 Å². The van der Waals surface area contributed by atoms with Gasteiger partial charge in [0.15, 0.2) is 0 Å². The number of halogens is 3. The Morgan fingerprint density at radius 3 is 2.15 bits per heavy atom. The summed E-state index contributed by atoms with van der Waals surface area (Å²) in [4.78, 5) is 12.0. The van der Waals surface area contributed by atoms with Crippen LogP contribution in [-0.2, 0) is 4.79 Å². The van der Waals surface area contributed by atoms with Crippen molar-refractivity contribution in [3.05, 3.63) is 0 Å². The molecule has 0 aliphatic carbocycles. The van der Waals surface area contributed by atoms with Crippen molar-refractivity contribution >= 4 is 5.91 Å². The number of carbonyl (C=O) groups is 1. The van der Waals surface area contributed by atoms with Gasteiger partial charge in [0, 0.05) is 6.42 Å². The molecule has 0 heterocycles. The van der Waals surface area contributed by atoms with Gasteiger partial charge in [-0.15, -0.1) is 0 Å². The normalized spacial score (nSPS) is 14.4. The molecule has 0 aliphatic heterocycles. The molecule has 0 bridgehead atoms. The molecule has 1 N–H and O–H groups in total. The largest absolute Gasteiger partial charge is 0.471 e. The predicted molar refractivity (Wildman–Crippen MR) is 42.3 cm³/mol. The lowest BCUT2D eigenvalue weighted by atomic mass is 10.3. The molecule has 0 spiro atoms. The van der Waals surface area contributed by atoms with Gasteiger partial charge in [-0.2, -0.15) is 18.1 Å². The molecule has 0 saturated heterocycles. The molecule has 1 unspecified atom stereocenters. The summed E-state index contributed by atoms with van der Waals surface area (Å²) in [6.07, 6.45) is -4.95. The van der Waals surface area contributed by atoms with Crippen molar-refractivity contribution in [1.82, 2.24) is 10.2 Å². The van der Waals surface area contributed by atoms with E-state index in [4.69, 9.17) is 0 Å². The third-order valence-corrected chi connectivity index (χ3v) is 1.57. The van der Waals surface area contributed by atoms with Gasteiger partial charge in [0.2, 0.25) is 6.17 Å². The van der Waals surface area contributed by atoms with Gasteiger partial charge in [0.05, 0.1) is 0 Å². The molecule has 0 aliphatic rings. The van der Waals surface area contributed by atoms with Crippen LogP contribution in [-0.4, -0.2) is 32.3 Å². The lowest BCUT2D eigenvalue weighted by Crippen LogP contribution is -2.51. The van der Waals surface area contributed by atoms with Crippen molar-refractivity contribution in [1.29, 1.82) is 0 Å². The molecule has 0 aromatic carbocycles. The molecule has 1 radical (unpaired) electrons. The molecule has 6 heteroatoms. The summed E-state index contributed by atoms with van der Waals surface area (Å²) >= 11 is 0. The van der Waals surface area contributed by atoms with Gasteiger partial charge < -0.3 is 0 Å². The van der Waals surface area contributed by atoms with E-state index in [0.29, 0.717) is 6.42 Å². The lowest BCUT2D eigenvalue weighted by molar-refractivity contribution is -0.175. The van der Waals surface area contributed by atoms with Gasteiger partial charge in [0.25, 0.3) is 0 Å². The van der Waals surface area contributed by atoms with Crippen molar-refractivity contribution in [3.8, 4) is 0 Å². The monoisotopic (exact) mass is 198 g/mol. The second-order valence-electron chi connectivity index (χ2n) is 2.86. The van der Waals surface area contributed by atoms with Crippen LogP contribution < -0.4 is 10.2 Å². The molecule has 0 saturated carbocycles. The van der Waals surface area contributed by atoms with Gasteiger partial charge in [0.1, 0.15) is 14.1 Å². The van der Waals surface area contributed by atoms with Crippen LogP contribution in [0.5, 0.6) is 0 Å². The molecule has 0 aromatic heterocycles. The van der Waals surface area contributed by atoms with Crippen molar-refractivity contribution in [2.24, 2.45) is 0 Å². The summed E-state index contributed by atoms with van der Waals surface area (Å²) in [5.41, 5.74) is 0. The Balaban J connectivity index is 4.18. The maximum absolute atomic E-state index is 11.8. The molecule has 0 aromatic rings. The first-order chi connectivity index (χ1) is 5.79. The molecule has 13 heavy (non-hydrogen) atoms. The zero-order valence-electron chi connectivity index (χ0n) is 7.77. The zero-order chi connectivity index (χ0) is 10.6. The number of rotatable bonds is 3. The van der Waals surface area contributed by atoms with E-state index >= 15 is 0 Å². The summed E-state index contributed by atoms with van der Waals surface area (Å²) in [6, 6.07) is 0. The van der Waals surface area contributed by atoms with Crippen LogP contribution in [0.3, 0.4) is 0 Å². The number of alkyl halides is 3. The van der Waals surface area contributed by atoms with Crippen molar-refractivity contribution in [2.75, 3.05) is 14.1 Å². The third-order valence-electron chi connectivity index (χ3n) is 1.57. The number of nitrogens with one attached hydrogen (secondary N) is 1. The Bertz CT molecular complexity index is 179. The highest BCUT2D eigenvalue weighted by molar-refractivity contribution is 5.81. The highest BCUT2D eigenvalue weighted by atomic mass is 19.4. The Morgan fingerprint density at radius 2 is 1.92 bits per heavy atom. The van der Waals surface area contributed by atoms with Crippen molar-refractivity contribution < 1.29 is 18.0 Å². The second-order valence-corrected chi connectivity index (χ2v) is 2.86. The van der Waals surface area contributed by atoms with E-state index in [1.165, 1.54) is 4.90 Å². The molecule has 3 nitrogen and oxygen atoms in total. The summed E-state index contributed by atoms with van der Waals surface area (Å²) in [5.74, 6) is -1.90. The average Bonchev–Trinajstić information content (AvgIpc) is 1.96. The van der Waals surface area contributed by atoms with Crippen LogP contribution in [0.25, 0.3) is 0 Å². The molecule has 1 amide bonds. The molecular formula is C7H13F3N2O+. The number of nitrogens with zero attached hydrogens (tertiary/aromatic N) is 1. The number of hydrogen-bond donors (Lipinski definition) is 1. The van der Waals surface area contributed by atoms with Gasteiger partial charge in [-0.25, -0.2) is 0 Å². The first kappa shape index (κ1) is 12.2. The molecule has 77 valence electrons. The fourth-order valence-electron chi connectivity index (χ4n) is 0.829. The fourth-order valence-corrected chi connectivity index (χ4v) is 0.829. The summed E-state index contributed by atoms with van der Waals surface area (Å²) in [6.45, 7) is 1.70. The van der Waals surface area contributed by atoms with E-state index in [1.54, 1.807) is 21.0 Å². The minimum absolute atomic E-state index is 0.425. The summed E-state index contributed by atoms with van der Waals surface area (Å²) in [7, 11) is 3.20. The number of amides is 1. The minimum Gasteiger partial charge on any atom is -0.295 e. The lowest BCUT2D eigenvalue weighted by Gasteiger charge is -2.16. The van der Waals surface area contributed by atoms with Crippen LogP contribution >= 0.6 is 0 Å². The van der Waals surface area contributed by atoms with Gasteiger partial charge in [-0.05, 0) is 0 Å². The van der Waals surface area contributed by atoms with Crippen LogP contribution in [0.15, 0.2) is 0 Å². The zero-order valence-corrected chi connectivity index (χ0v) is 7.77. The van der Waals surface area contributed by atoms with Gasteiger partial charge in [-0.1, -0.05) is 6.92 Å². The van der Waals surface area contributed by atoms with E-state index < -0.39 is 18.2 Å². The van der Waals surface area contributed by atoms with E-state index in [1.807, 2.05) is 5.32 Å². The fraction of sp³-hybridized carbons (Fsp3) is 0.857. The smallest absolute Gasteiger partial charge is 0.295 e. The first-order valence-corrected chi connectivity index (χ1v) is 3.83. The number of carbonyl (C=O) groups excluding carboxylic acids is 1. The molecular weight excluding hydrogens is 185 g/mol. The summed E-state index contributed by atoms with van der Waals surface area (Å²) in [5, 5.41) is 1.87. The molecule has 1 atom stereocenters. The maximum atomic E-state index is 11.8. The Labute approximate surface area is 74.9 Å². The van der Waals surface area contributed by atoms with Crippen LogP contribution in [0, 0.1) is 0 Å². The van der Waals surface area contributed by atoms with Crippen LogP contribution in [0.2, 0.25) is 0 Å². The second kappa shape index (κ2) is 4.45. The van der Waals surface area contributed by atoms with Gasteiger partial charge >= 0.3 is 12.1 Å².